The largest absolute Gasteiger partial charge is 0.508 e. The molecule has 1 aromatic rings. The van der Waals surface area contributed by atoms with Gasteiger partial charge in [-0.3, -0.25) is 0 Å². The highest BCUT2D eigenvalue weighted by Crippen LogP contribution is 2.25. The standard InChI is InChI=1S/C17H30N2O/c1-6-11-18-16(17(3,7-2)19(4)5)13-14-9-8-10-15(20)12-14/h8-10,12,16,18,20H,6-7,11,13H2,1-5H3. The van der Waals surface area contributed by atoms with Crippen molar-refractivity contribution in [3.8, 4) is 5.75 Å². The van der Waals surface area contributed by atoms with E-state index in [0.717, 1.165) is 25.8 Å². The number of hydrogen-bond donors (Lipinski definition) is 2. The maximum atomic E-state index is 9.64. The molecule has 20 heavy (non-hydrogen) atoms. The van der Waals surface area contributed by atoms with E-state index in [1.54, 1.807) is 6.07 Å². The maximum Gasteiger partial charge on any atom is 0.115 e. The van der Waals surface area contributed by atoms with Crippen LogP contribution in [0.25, 0.3) is 0 Å². The zero-order valence-electron chi connectivity index (χ0n) is 13.6. The fourth-order valence-corrected chi connectivity index (χ4v) is 2.62. The van der Waals surface area contributed by atoms with E-state index in [1.165, 1.54) is 5.56 Å². The number of nitrogens with one attached hydrogen (secondary N) is 1. The van der Waals surface area contributed by atoms with Crippen molar-refractivity contribution < 1.29 is 5.11 Å². The van der Waals surface area contributed by atoms with Crippen LogP contribution >= 0.6 is 0 Å². The van der Waals surface area contributed by atoms with Gasteiger partial charge in [-0.1, -0.05) is 26.0 Å². The monoisotopic (exact) mass is 278 g/mol. The Hall–Kier alpha value is -1.06. The Morgan fingerprint density at radius 2 is 2.00 bits per heavy atom. The van der Waals surface area contributed by atoms with Crippen LogP contribution in [-0.2, 0) is 6.42 Å². The first-order valence-corrected chi connectivity index (χ1v) is 7.62. The third kappa shape index (κ3) is 4.22. The van der Waals surface area contributed by atoms with Gasteiger partial charge < -0.3 is 15.3 Å². The lowest BCUT2D eigenvalue weighted by Gasteiger charge is -2.43. The predicted molar refractivity (Wildman–Crippen MR) is 86.3 cm³/mol. The van der Waals surface area contributed by atoms with Crippen LogP contribution < -0.4 is 5.32 Å². The van der Waals surface area contributed by atoms with E-state index in [2.05, 4.69) is 51.1 Å². The molecule has 0 fully saturated rings. The molecular weight excluding hydrogens is 248 g/mol. The van der Waals surface area contributed by atoms with Gasteiger partial charge >= 0.3 is 0 Å². The molecule has 0 saturated heterocycles. The fraction of sp³-hybridized carbons (Fsp3) is 0.647. The molecule has 2 atom stereocenters. The molecule has 2 unspecified atom stereocenters. The number of hydrogen-bond acceptors (Lipinski definition) is 3. The van der Waals surface area contributed by atoms with Crippen LogP contribution in [0.5, 0.6) is 5.75 Å². The van der Waals surface area contributed by atoms with E-state index in [9.17, 15) is 5.11 Å². The highest BCUT2D eigenvalue weighted by atomic mass is 16.3. The molecule has 0 spiro atoms. The molecular formula is C17H30N2O. The van der Waals surface area contributed by atoms with Crippen molar-refractivity contribution in [3.05, 3.63) is 29.8 Å². The average Bonchev–Trinajstić information content (AvgIpc) is 2.42. The lowest BCUT2D eigenvalue weighted by atomic mass is 9.84. The van der Waals surface area contributed by atoms with E-state index in [-0.39, 0.29) is 5.54 Å². The molecule has 3 heteroatoms. The summed E-state index contributed by atoms with van der Waals surface area (Å²) in [4.78, 5) is 2.31. The topological polar surface area (TPSA) is 35.5 Å². The number of phenolic OH excluding ortho intramolecular Hbond substituents is 1. The number of benzene rings is 1. The Labute approximate surface area is 124 Å². The molecule has 3 nitrogen and oxygen atoms in total. The minimum Gasteiger partial charge on any atom is -0.508 e. The van der Waals surface area contributed by atoms with Gasteiger partial charge in [0.15, 0.2) is 0 Å². The van der Waals surface area contributed by atoms with E-state index < -0.39 is 0 Å². The molecule has 0 radical (unpaired) electrons. The zero-order chi connectivity index (χ0) is 15.2. The number of nitrogens with zero attached hydrogens (tertiary/aromatic N) is 1. The lowest BCUT2D eigenvalue weighted by Crippen LogP contribution is -2.57. The first kappa shape index (κ1) is 17.0. The summed E-state index contributed by atoms with van der Waals surface area (Å²) in [7, 11) is 4.29. The molecule has 0 bridgehead atoms. The van der Waals surface area contributed by atoms with Crippen molar-refractivity contribution in [1.82, 2.24) is 10.2 Å². The van der Waals surface area contributed by atoms with E-state index in [4.69, 9.17) is 0 Å². The quantitative estimate of drug-likeness (QED) is 0.767. The normalized spacial score (nSPS) is 16.1. The van der Waals surface area contributed by atoms with Gasteiger partial charge in [0.1, 0.15) is 5.75 Å². The summed E-state index contributed by atoms with van der Waals surface area (Å²) in [6.45, 7) is 7.76. The molecule has 0 aromatic heterocycles. The summed E-state index contributed by atoms with van der Waals surface area (Å²) in [5.41, 5.74) is 1.28. The highest BCUT2D eigenvalue weighted by molar-refractivity contribution is 5.28. The van der Waals surface area contributed by atoms with Crippen molar-refractivity contribution in [2.75, 3.05) is 20.6 Å². The van der Waals surface area contributed by atoms with Crippen molar-refractivity contribution in [3.63, 3.8) is 0 Å². The van der Waals surface area contributed by atoms with Gasteiger partial charge in [-0.15, -0.1) is 0 Å². The first-order chi connectivity index (χ1) is 9.43. The molecule has 0 aliphatic rings. The second kappa shape index (κ2) is 7.65. The first-order valence-electron chi connectivity index (χ1n) is 7.62. The molecule has 0 aliphatic carbocycles. The van der Waals surface area contributed by atoms with Crippen LogP contribution in [0.3, 0.4) is 0 Å². The molecule has 1 aromatic carbocycles. The second-order valence-electron chi connectivity index (χ2n) is 5.99. The molecule has 0 heterocycles. The Kier molecular flexibility index (Phi) is 6.50. The Morgan fingerprint density at radius 3 is 2.50 bits per heavy atom. The van der Waals surface area contributed by atoms with Crippen LogP contribution in [0.15, 0.2) is 24.3 Å². The summed E-state index contributed by atoms with van der Waals surface area (Å²) >= 11 is 0. The van der Waals surface area contributed by atoms with Crippen LogP contribution in [0.4, 0.5) is 0 Å². The predicted octanol–water partition coefficient (Wildman–Crippen LogP) is 3.03. The van der Waals surface area contributed by atoms with Crippen LogP contribution in [-0.4, -0.2) is 42.2 Å². The molecule has 0 aliphatic heterocycles. The Balaban J connectivity index is 2.94. The third-order valence-corrected chi connectivity index (χ3v) is 4.48. The van der Waals surface area contributed by atoms with Gasteiger partial charge in [0.2, 0.25) is 0 Å². The maximum absolute atomic E-state index is 9.64. The summed E-state index contributed by atoms with van der Waals surface area (Å²) in [6, 6.07) is 7.96. The highest BCUT2D eigenvalue weighted by Gasteiger charge is 2.34. The lowest BCUT2D eigenvalue weighted by molar-refractivity contribution is 0.112. The minimum atomic E-state index is 0.0978. The molecule has 114 valence electrons. The van der Waals surface area contributed by atoms with Gasteiger partial charge in [0, 0.05) is 11.6 Å². The number of rotatable bonds is 8. The van der Waals surface area contributed by atoms with Gasteiger partial charge in [-0.25, -0.2) is 0 Å². The average molecular weight is 278 g/mol. The molecule has 1 rings (SSSR count). The fourth-order valence-electron chi connectivity index (χ4n) is 2.62. The minimum absolute atomic E-state index is 0.0978. The number of aromatic hydroxyl groups is 1. The summed E-state index contributed by atoms with van der Waals surface area (Å²) < 4.78 is 0. The molecule has 0 amide bonds. The Morgan fingerprint density at radius 1 is 1.30 bits per heavy atom. The van der Waals surface area contributed by atoms with Crippen LogP contribution in [0, 0.1) is 0 Å². The molecule has 2 N–H and O–H groups in total. The van der Waals surface area contributed by atoms with Gasteiger partial charge in [0.25, 0.3) is 0 Å². The van der Waals surface area contributed by atoms with Crippen molar-refractivity contribution in [2.45, 2.75) is 51.6 Å². The van der Waals surface area contributed by atoms with Crippen LogP contribution in [0.2, 0.25) is 0 Å². The van der Waals surface area contributed by atoms with Gasteiger partial charge in [0.05, 0.1) is 0 Å². The third-order valence-electron chi connectivity index (χ3n) is 4.48. The summed E-state index contributed by atoms with van der Waals surface area (Å²) in [6.07, 6.45) is 3.14. The smallest absolute Gasteiger partial charge is 0.115 e. The summed E-state index contributed by atoms with van der Waals surface area (Å²) in [5.74, 6) is 0.347. The number of phenols is 1. The zero-order valence-corrected chi connectivity index (χ0v) is 13.6. The Bertz CT molecular complexity index is 406. The van der Waals surface area contributed by atoms with Crippen molar-refractivity contribution in [2.24, 2.45) is 0 Å². The van der Waals surface area contributed by atoms with E-state index in [0.29, 0.717) is 11.8 Å². The van der Waals surface area contributed by atoms with E-state index >= 15 is 0 Å². The van der Waals surface area contributed by atoms with Gasteiger partial charge in [-0.05, 0) is 64.5 Å². The SMILES string of the molecule is CCCNC(Cc1cccc(O)c1)C(C)(CC)N(C)C. The van der Waals surface area contributed by atoms with Crippen LogP contribution in [0.1, 0.15) is 39.2 Å². The van der Waals surface area contributed by atoms with Crippen molar-refractivity contribution >= 4 is 0 Å². The summed E-state index contributed by atoms with van der Waals surface area (Å²) in [5, 5.41) is 13.3. The van der Waals surface area contributed by atoms with Gasteiger partial charge in [-0.2, -0.15) is 0 Å². The number of likely N-dealkylation sites (N-methyl/N-ethyl adjacent to an activating group) is 1. The van der Waals surface area contributed by atoms with E-state index in [1.807, 2.05) is 12.1 Å². The molecule has 0 saturated carbocycles. The van der Waals surface area contributed by atoms with Crippen molar-refractivity contribution in [1.29, 1.82) is 0 Å². The second-order valence-corrected chi connectivity index (χ2v) is 5.99.